The molecule has 0 spiro atoms. The van der Waals surface area contributed by atoms with Crippen molar-refractivity contribution in [2.75, 3.05) is 32.6 Å². The number of nitro benzene ring substituents is 1. The van der Waals surface area contributed by atoms with E-state index < -0.39 is 16.5 Å². The SMILES string of the molecule is COc1cc(C(=O)Nc2ccc(C(=O)NCCNC(=O)c3ccccc3)cc2)c([N+](=O)[O-])cc1OC. The quantitative estimate of drug-likeness (QED) is 0.224. The number of ether oxygens (including phenoxy) is 2. The molecule has 0 unspecified atom stereocenters. The van der Waals surface area contributed by atoms with Crippen LogP contribution in [0.1, 0.15) is 31.1 Å². The fraction of sp³-hybridized carbons (Fsp3) is 0.160. The Labute approximate surface area is 206 Å². The predicted octanol–water partition coefficient (Wildman–Crippen LogP) is 3.02. The van der Waals surface area contributed by atoms with Crippen LogP contribution in [0.3, 0.4) is 0 Å². The molecule has 0 fully saturated rings. The number of anilines is 1. The van der Waals surface area contributed by atoms with Crippen LogP contribution in [0, 0.1) is 10.1 Å². The minimum absolute atomic E-state index is 0.121. The molecular weight excluding hydrogens is 468 g/mol. The van der Waals surface area contributed by atoms with E-state index in [1.807, 2.05) is 6.07 Å². The fourth-order valence-electron chi connectivity index (χ4n) is 3.25. The number of rotatable bonds is 10. The van der Waals surface area contributed by atoms with Gasteiger partial charge in [-0.25, -0.2) is 0 Å². The van der Waals surface area contributed by atoms with Gasteiger partial charge in [-0.05, 0) is 36.4 Å². The summed E-state index contributed by atoms with van der Waals surface area (Å²) in [6, 6.07) is 17.0. The van der Waals surface area contributed by atoms with Crippen molar-refractivity contribution >= 4 is 29.1 Å². The molecule has 11 heteroatoms. The topological polar surface area (TPSA) is 149 Å². The molecule has 0 atom stereocenters. The number of hydrogen-bond acceptors (Lipinski definition) is 7. The molecule has 3 aromatic carbocycles. The number of methoxy groups -OCH3 is 2. The van der Waals surface area contributed by atoms with Crippen LogP contribution in [-0.4, -0.2) is 50.0 Å². The van der Waals surface area contributed by atoms with E-state index in [2.05, 4.69) is 16.0 Å². The lowest BCUT2D eigenvalue weighted by Gasteiger charge is -2.11. The maximum absolute atomic E-state index is 12.7. The molecule has 0 heterocycles. The number of nitro groups is 1. The molecule has 36 heavy (non-hydrogen) atoms. The van der Waals surface area contributed by atoms with Crippen molar-refractivity contribution in [2.45, 2.75) is 0 Å². The summed E-state index contributed by atoms with van der Waals surface area (Å²) in [6.45, 7) is 0.469. The Morgan fingerprint density at radius 3 is 1.83 bits per heavy atom. The summed E-state index contributed by atoms with van der Waals surface area (Å²) in [5, 5.41) is 19.4. The third-order valence-electron chi connectivity index (χ3n) is 5.08. The standard InChI is InChI=1S/C25H24N4O7/c1-35-21-14-19(20(29(33)34)15-22(21)36-2)25(32)28-18-10-8-17(9-11-18)24(31)27-13-12-26-23(30)16-6-4-3-5-7-16/h3-11,14-15H,12-13H2,1-2H3,(H,26,30)(H,27,31)(H,28,32). The van der Waals surface area contributed by atoms with Gasteiger partial charge in [-0.1, -0.05) is 18.2 Å². The van der Waals surface area contributed by atoms with Crippen LogP contribution in [0.15, 0.2) is 66.7 Å². The van der Waals surface area contributed by atoms with Gasteiger partial charge in [0.25, 0.3) is 23.4 Å². The summed E-state index contributed by atoms with van der Waals surface area (Å²) in [6.07, 6.45) is 0. The molecule has 3 rings (SSSR count). The molecule has 0 radical (unpaired) electrons. The molecule has 0 aromatic heterocycles. The predicted molar refractivity (Wildman–Crippen MR) is 132 cm³/mol. The summed E-state index contributed by atoms with van der Waals surface area (Å²) in [7, 11) is 2.69. The highest BCUT2D eigenvalue weighted by molar-refractivity contribution is 6.07. The fourth-order valence-corrected chi connectivity index (χ4v) is 3.25. The summed E-state index contributed by atoms with van der Waals surface area (Å²) in [5.74, 6) is -1.04. The summed E-state index contributed by atoms with van der Waals surface area (Å²) < 4.78 is 10.2. The van der Waals surface area contributed by atoms with Crippen molar-refractivity contribution in [2.24, 2.45) is 0 Å². The second-order valence-corrected chi connectivity index (χ2v) is 7.39. The van der Waals surface area contributed by atoms with Gasteiger partial charge in [0.2, 0.25) is 0 Å². The number of hydrogen-bond donors (Lipinski definition) is 3. The maximum Gasteiger partial charge on any atom is 0.286 e. The van der Waals surface area contributed by atoms with Crippen molar-refractivity contribution < 1.29 is 28.8 Å². The Bertz CT molecular complexity index is 1260. The Morgan fingerprint density at radius 2 is 1.31 bits per heavy atom. The number of nitrogens with zero attached hydrogens (tertiary/aromatic N) is 1. The average molecular weight is 492 g/mol. The number of carbonyl (C=O) groups excluding carboxylic acids is 3. The molecule has 0 saturated carbocycles. The van der Waals surface area contributed by atoms with Crippen LogP contribution < -0.4 is 25.4 Å². The van der Waals surface area contributed by atoms with Gasteiger partial charge in [-0.15, -0.1) is 0 Å². The normalized spacial score (nSPS) is 10.2. The minimum atomic E-state index is -0.728. The lowest BCUT2D eigenvalue weighted by Crippen LogP contribution is -2.34. The number of carbonyl (C=O) groups is 3. The van der Waals surface area contributed by atoms with E-state index in [-0.39, 0.29) is 42.0 Å². The number of amides is 3. The van der Waals surface area contributed by atoms with Gasteiger partial charge < -0.3 is 25.4 Å². The van der Waals surface area contributed by atoms with E-state index in [0.717, 1.165) is 6.07 Å². The number of benzene rings is 3. The second-order valence-electron chi connectivity index (χ2n) is 7.39. The van der Waals surface area contributed by atoms with Crippen LogP contribution in [-0.2, 0) is 0 Å². The van der Waals surface area contributed by atoms with Crippen molar-refractivity contribution in [3.05, 3.63) is 93.5 Å². The van der Waals surface area contributed by atoms with Crippen LogP contribution in [0.4, 0.5) is 11.4 Å². The van der Waals surface area contributed by atoms with Gasteiger partial charge in [-0.3, -0.25) is 24.5 Å². The Balaban J connectivity index is 1.58. The van der Waals surface area contributed by atoms with E-state index >= 15 is 0 Å². The minimum Gasteiger partial charge on any atom is -0.493 e. The first-order valence-electron chi connectivity index (χ1n) is 10.8. The Kier molecular flexibility index (Phi) is 8.54. The Hall–Kier alpha value is -4.93. The van der Waals surface area contributed by atoms with E-state index in [9.17, 15) is 24.5 Å². The summed E-state index contributed by atoms with van der Waals surface area (Å²) in [4.78, 5) is 47.8. The molecule has 0 aliphatic heterocycles. The third kappa shape index (κ3) is 6.35. The lowest BCUT2D eigenvalue weighted by molar-refractivity contribution is -0.385. The molecule has 3 aromatic rings. The monoisotopic (exact) mass is 492 g/mol. The van der Waals surface area contributed by atoms with Crippen LogP contribution >= 0.6 is 0 Å². The molecule has 186 valence electrons. The summed E-state index contributed by atoms with van der Waals surface area (Å²) in [5.41, 5.74) is 0.535. The highest BCUT2D eigenvalue weighted by Crippen LogP contribution is 2.34. The molecule has 3 amide bonds. The van der Waals surface area contributed by atoms with Gasteiger partial charge in [0.15, 0.2) is 11.5 Å². The third-order valence-corrected chi connectivity index (χ3v) is 5.08. The van der Waals surface area contributed by atoms with Crippen LogP contribution in [0.25, 0.3) is 0 Å². The van der Waals surface area contributed by atoms with E-state index in [4.69, 9.17) is 9.47 Å². The number of nitrogens with one attached hydrogen (secondary N) is 3. The smallest absolute Gasteiger partial charge is 0.286 e. The average Bonchev–Trinajstić information content (AvgIpc) is 2.90. The zero-order chi connectivity index (χ0) is 26.1. The lowest BCUT2D eigenvalue weighted by atomic mass is 10.1. The van der Waals surface area contributed by atoms with Crippen molar-refractivity contribution in [3.63, 3.8) is 0 Å². The van der Waals surface area contributed by atoms with Crippen molar-refractivity contribution in [1.29, 1.82) is 0 Å². The van der Waals surface area contributed by atoms with Gasteiger partial charge >= 0.3 is 0 Å². The molecule has 0 saturated heterocycles. The van der Waals surface area contributed by atoms with Gasteiger partial charge in [0, 0.05) is 36.0 Å². The molecule has 0 aliphatic carbocycles. The largest absolute Gasteiger partial charge is 0.493 e. The van der Waals surface area contributed by atoms with Crippen molar-refractivity contribution in [3.8, 4) is 11.5 Å². The van der Waals surface area contributed by atoms with Gasteiger partial charge in [0.05, 0.1) is 25.2 Å². The van der Waals surface area contributed by atoms with Crippen molar-refractivity contribution in [1.82, 2.24) is 10.6 Å². The first-order chi connectivity index (χ1) is 17.3. The molecule has 0 bridgehead atoms. The first-order valence-corrected chi connectivity index (χ1v) is 10.8. The van der Waals surface area contributed by atoms with E-state index in [0.29, 0.717) is 16.8 Å². The molecule has 11 nitrogen and oxygen atoms in total. The highest BCUT2D eigenvalue weighted by Gasteiger charge is 2.24. The Morgan fingerprint density at radius 1 is 0.778 bits per heavy atom. The first kappa shape index (κ1) is 25.7. The summed E-state index contributed by atoms with van der Waals surface area (Å²) >= 11 is 0. The van der Waals surface area contributed by atoms with Gasteiger partial charge in [-0.2, -0.15) is 0 Å². The van der Waals surface area contributed by atoms with Crippen LogP contribution in [0.5, 0.6) is 11.5 Å². The van der Waals surface area contributed by atoms with Crippen LogP contribution in [0.2, 0.25) is 0 Å². The van der Waals surface area contributed by atoms with Gasteiger partial charge in [0.1, 0.15) is 5.56 Å². The molecule has 0 aliphatic rings. The maximum atomic E-state index is 12.7. The highest BCUT2D eigenvalue weighted by atomic mass is 16.6. The van der Waals surface area contributed by atoms with E-state index in [1.54, 1.807) is 24.3 Å². The molecular formula is C25H24N4O7. The van der Waals surface area contributed by atoms with E-state index in [1.165, 1.54) is 44.6 Å². The zero-order valence-corrected chi connectivity index (χ0v) is 19.6. The zero-order valence-electron chi connectivity index (χ0n) is 19.6. The second kappa shape index (κ2) is 12.0. The molecule has 3 N–H and O–H groups in total.